The van der Waals surface area contributed by atoms with Crippen LogP contribution in [0.15, 0.2) is 18.2 Å². The van der Waals surface area contributed by atoms with E-state index in [4.69, 9.17) is 19.9 Å². The molecule has 1 heterocycles. The van der Waals surface area contributed by atoms with Crippen LogP contribution < -0.4 is 20.5 Å². The molecule has 3 amide bonds. The normalized spacial score (nSPS) is 12.4. The van der Waals surface area contributed by atoms with Gasteiger partial charge in [0, 0.05) is 0 Å². The molecule has 0 spiro atoms. The van der Waals surface area contributed by atoms with Crippen LogP contribution in [0, 0.1) is 0 Å². The van der Waals surface area contributed by atoms with Gasteiger partial charge in [-0.25, -0.2) is 9.59 Å². The molecule has 106 valence electrons. The van der Waals surface area contributed by atoms with Crippen molar-refractivity contribution in [2.45, 2.75) is 0 Å². The first-order valence-electron chi connectivity index (χ1n) is 5.72. The fraction of sp³-hybridized carbons (Fsp3) is 0.250. The number of nitrogens with two attached hydrogens (primary N) is 1. The number of rotatable bonds is 3. The van der Waals surface area contributed by atoms with Crippen molar-refractivity contribution < 1.29 is 28.6 Å². The highest BCUT2D eigenvalue weighted by Crippen LogP contribution is 2.30. The van der Waals surface area contributed by atoms with Crippen LogP contribution in [0.3, 0.4) is 0 Å². The van der Waals surface area contributed by atoms with Gasteiger partial charge in [0.25, 0.3) is 5.91 Å². The smallest absolute Gasteiger partial charge is 0.338 e. The van der Waals surface area contributed by atoms with Crippen LogP contribution in [0.5, 0.6) is 11.5 Å². The Labute approximate surface area is 113 Å². The molecule has 8 heteroatoms. The van der Waals surface area contributed by atoms with E-state index in [9.17, 15) is 14.4 Å². The summed E-state index contributed by atoms with van der Waals surface area (Å²) in [6.45, 7) is 0.243. The first-order valence-corrected chi connectivity index (χ1v) is 5.72. The molecule has 0 aliphatic carbocycles. The van der Waals surface area contributed by atoms with E-state index < -0.39 is 24.5 Å². The molecule has 0 aromatic heterocycles. The maximum Gasteiger partial charge on any atom is 0.338 e. The van der Waals surface area contributed by atoms with Crippen LogP contribution in [0.4, 0.5) is 4.79 Å². The van der Waals surface area contributed by atoms with Crippen molar-refractivity contribution in [3.8, 4) is 11.5 Å². The summed E-state index contributed by atoms with van der Waals surface area (Å²) in [5.74, 6) is -0.545. The van der Waals surface area contributed by atoms with Gasteiger partial charge in [-0.3, -0.25) is 10.1 Å². The summed E-state index contributed by atoms with van der Waals surface area (Å²) in [5.41, 5.74) is 4.95. The second kappa shape index (κ2) is 5.91. The van der Waals surface area contributed by atoms with Crippen molar-refractivity contribution in [3.63, 3.8) is 0 Å². The highest BCUT2D eigenvalue weighted by atomic mass is 16.6. The molecular formula is C12H12N2O6. The number of amides is 3. The Morgan fingerprint density at radius 2 is 1.90 bits per heavy atom. The number of hydrogen-bond acceptors (Lipinski definition) is 6. The maximum absolute atomic E-state index is 11.7. The monoisotopic (exact) mass is 280 g/mol. The quantitative estimate of drug-likeness (QED) is 0.741. The number of ether oxygens (including phenoxy) is 3. The van der Waals surface area contributed by atoms with Gasteiger partial charge in [-0.2, -0.15) is 0 Å². The van der Waals surface area contributed by atoms with Crippen LogP contribution in [0.25, 0.3) is 0 Å². The Balaban J connectivity index is 1.95. The van der Waals surface area contributed by atoms with Crippen molar-refractivity contribution in [2.24, 2.45) is 5.73 Å². The molecule has 2 rings (SSSR count). The Morgan fingerprint density at radius 3 is 2.60 bits per heavy atom. The lowest BCUT2D eigenvalue weighted by Gasteiger charge is -2.18. The zero-order chi connectivity index (χ0) is 14.5. The first kappa shape index (κ1) is 13.7. The third-order valence-electron chi connectivity index (χ3n) is 2.37. The van der Waals surface area contributed by atoms with Gasteiger partial charge >= 0.3 is 12.0 Å². The van der Waals surface area contributed by atoms with Crippen LogP contribution in [-0.2, 0) is 9.53 Å². The molecule has 0 unspecified atom stereocenters. The number of primary amides is 1. The highest BCUT2D eigenvalue weighted by Gasteiger charge is 2.16. The summed E-state index contributed by atoms with van der Waals surface area (Å²) in [4.78, 5) is 33.2. The second-order valence-corrected chi connectivity index (χ2v) is 3.85. The van der Waals surface area contributed by atoms with E-state index in [1.165, 1.54) is 12.1 Å². The standard InChI is InChI=1S/C12H12N2O6/c13-12(17)14-10(15)6-20-11(16)7-1-2-8-9(5-7)19-4-3-18-8/h1-2,5H,3-4,6H2,(H3,13,14,15,17). The van der Waals surface area contributed by atoms with Gasteiger partial charge in [0.15, 0.2) is 18.1 Å². The fourth-order valence-corrected chi connectivity index (χ4v) is 1.56. The average Bonchev–Trinajstić information content (AvgIpc) is 2.43. The van der Waals surface area contributed by atoms with Crippen LogP contribution in [0.1, 0.15) is 10.4 Å². The first-order chi connectivity index (χ1) is 9.56. The predicted octanol–water partition coefficient (Wildman–Crippen LogP) is -0.190. The molecule has 1 aromatic carbocycles. The Kier molecular flexibility index (Phi) is 4.04. The molecule has 20 heavy (non-hydrogen) atoms. The summed E-state index contributed by atoms with van der Waals surface area (Å²) in [7, 11) is 0. The number of urea groups is 1. The summed E-state index contributed by atoms with van der Waals surface area (Å²) >= 11 is 0. The molecule has 1 aliphatic heterocycles. The van der Waals surface area contributed by atoms with Gasteiger partial charge in [-0.15, -0.1) is 0 Å². The maximum atomic E-state index is 11.7. The lowest BCUT2D eigenvalue weighted by atomic mass is 10.2. The zero-order valence-electron chi connectivity index (χ0n) is 10.4. The third-order valence-corrected chi connectivity index (χ3v) is 2.37. The van der Waals surface area contributed by atoms with E-state index in [1.807, 2.05) is 0 Å². The van der Waals surface area contributed by atoms with E-state index in [2.05, 4.69) is 0 Å². The van der Waals surface area contributed by atoms with Crippen molar-refractivity contribution >= 4 is 17.9 Å². The number of esters is 1. The summed E-state index contributed by atoms with van der Waals surface area (Å²) < 4.78 is 15.4. The molecule has 0 bridgehead atoms. The molecule has 8 nitrogen and oxygen atoms in total. The molecule has 1 aromatic rings. The molecule has 0 atom stereocenters. The number of imide groups is 1. The van der Waals surface area contributed by atoms with Gasteiger partial charge < -0.3 is 19.9 Å². The van der Waals surface area contributed by atoms with E-state index >= 15 is 0 Å². The Bertz CT molecular complexity index is 557. The van der Waals surface area contributed by atoms with Crippen LogP contribution in [-0.4, -0.2) is 37.7 Å². The van der Waals surface area contributed by atoms with Crippen LogP contribution >= 0.6 is 0 Å². The predicted molar refractivity (Wildman–Crippen MR) is 65.4 cm³/mol. The summed E-state index contributed by atoms with van der Waals surface area (Å²) in [5, 5.41) is 1.78. The van der Waals surface area contributed by atoms with Gasteiger partial charge in [-0.05, 0) is 18.2 Å². The van der Waals surface area contributed by atoms with Crippen molar-refractivity contribution in [3.05, 3.63) is 23.8 Å². The van der Waals surface area contributed by atoms with E-state index in [0.29, 0.717) is 24.7 Å². The van der Waals surface area contributed by atoms with Gasteiger partial charge in [0.2, 0.25) is 0 Å². The zero-order valence-corrected chi connectivity index (χ0v) is 10.4. The van der Waals surface area contributed by atoms with Gasteiger partial charge in [0.05, 0.1) is 5.56 Å². The minimum atomic E-state index is -1.01. The topological polar surface area (TPSA) is 117 Å². The molecule has 0 fully saturated rings. The fourth-order valence-electron chi connectivity index (χ4n) is 1.56. The average molecular weight is 280 g/mol. The number of carbonyl (C=O) groups is 3. The summed E-state index contributed by atoms with van der Waals surface area (Å²) in [6.07, 6.45) is 0. The minimum Gasteiger partial charge on any atom is -0.486 e. The molecule has 0 saturated heterocycles. The molecule has 3 N–H and O–H groups in total. The third kappa shape index (κ3) is 3.37. The second-order valence-electron chi connectivity index (χ2n) is 3.85. The van der Waals surface area contributed by atoms with E-state index in [-0.39, 0.29) is 5.56 Å². The Hall–Kier alpha value is -2.77. The van der Waals surface area contributed by atoms with Crippen molar-refractivity contribution in [1.82, 2.24) is 5.32 Å². The SMILES string of the molecule is NC(=O)NC(=O)COC(=O)c1ccc2c(c1)OCCO2. The number of carbonyl (C=O) groups excluding carboxylic acids is 3. The number of benzene rings is 1. The number of nitrogens with one attached hydrogen (secondary N) is 1. The van der Waals surface area contributed by atoms with E-state index in [0.717, 1.165) is 0 Å². The summed E-state index contributed by atoms with van der Waals surface area (Å²) in [6, 6.07) is 3.52. The number of fused-ring (bicyclic) bond motifs is 1. The molecule has 0 saturated carbocycles. The number of hydrogen-bond donors (Lipinski definition) is 2. The molecule has 0 radical (unpaired) electrons. The van der Waals surface area contributed by atoms with Crippen molar-refractivity contribution in [1.29, 1.82) is 0 Å². The minimum absolute atomic E-state index is 0.209. The Morgan fingerprint density at radius 1 is 1.20 bits per heavy atom. The van der Waals surface area contributed by atoms with Crippen LogP contribution in [0.2, 0.25) is 0 Å². The molecular weight excluding hydrogens is 268 g/mol. The van der Waals surface area contributed by atoms with E-state index in [1.54, 1.807) is 11.4 Å². The lowest BCUT2D eigenvalue weighted by molar-refractivity contribution is -0.123. The highest BCUT2D eigenvalue weighted by molar-refractivity contribution is 5.96. The lowest BCUT2D eigenvalue weighted by Crippen LogP contribution is -2.37. The van der Waals surface area contributed by atoms with Gasteiger partial charge in [0.1, 0.15) is 13.2 Å². The van der Waals surface area contributed by atoms with Crippen molar-refractivity contribution in [2.75, 3.05) is 19.8 Å². The largest absolute Gasteiger partial charge is 0.486 e. The van der Waals surface area contributed by atoms with Gasteiger partial charge in [-0.1, -0.05) is 0 Å². The molecule has 1 aliphatic rings.